The molecule has 1 saturated heterocycles. The van der Waals surface area contributed by atoms with E-state index in [-0.39, 0.29) is 6.04 Å². The summed E-state index contributed by atoms with van der Waals surface area (Å²) in [6.45, 7) is 7.21. The summed E-state index contributed by atoms with van der Waals surface area (Å²) < 4.78 is 5.46. The van der Waals surface area contributed by atoms with Gasteiger partial charge in [0.05, 0.1) is 10.9 Å². The van der Waals surface area contributed by atoms with Crippen LogP contribution in [0, 0.1) is 6.92 Å². The van der Waals surface area contributed by atoms with Crippen molar-refractivity contribution < 1.29 is 4.52 Å². The fourth-order valence-corrected chi connectivity index (χ4v) is 3.58. The zero-order valence-electron chi connectivity index (χ0n) is 12.1. The largest absolute Gasteiger partial charge is 0.333 e. The van der Waals surface area contributed by atoms with Gasteiger partial charge >= 0.3 is 0 Å². The molecule has 1 fully saturated rings. The van der Waals surface area contributed by atoms with Crippen LogP contribution in [0.5, 0.6) is 0 Å². The molecule has 0 radical (unpaired) electrons. The molecule has 1 aliphatic heterocycles. The van der Waals surface area contributed by atoms with Gasteiger partial charge in [-0.2, -0.15) is 4.98 Å². The lowest BCUT2D eigenvalue weighted by atomic mass is 10.2. The van der Waals surface area contributed by atoms with Gasteiger partial charge < -0.3 is 9.84 Å². The average Bonchev–Trinajstić information content (AvgIpc) is 3.05. The SMILES string of the molecule is CCc1cc(-c2nc(C3CNCCN3C)no2)sc1C. The first-order valence-corrected chi connectivity index (χ1v) is 7.85. The standard InChI is InChI=1S/C14H20N4OS/c1-4-10-7-12(20-9(10)2)14-16-13(17-19-14)11-8-15-5-6-18(11)3/h7,11,15H,4-6,8H2,1-3H3. The molecule has 1 unspecified atom stereocenters. The Morgan fingerprint density at radius 3 is 3.10 bits per heavy atom. The van der Waals surface area contributed by atoms with E-state index < -0.39 is 0 Å². The van der Waals surface area contributed by atoms with Crippen LogP contribution in [0.1, 0.15) is 29.2 Å². The molecular weight excluding hydrogens is 272 g/mol. The third-order valence-corrected chi connectivity index (χ3v) is 4.94. The van der Waals surface area contributed by atoms with Crippen LogP contribution in [0.3, 0.4) is 0 Å². The molecule has 6 heteroatoms. The summed E-state index contributed by atoms with van der Waals surface area (Å²) in [6.07, 6.45) is 1.04. The molecule has 0 amide bonds. The van der Waals surface area contributed by atoms with Crippen LogP contribution < -0.4 is 5.32 Å². The van der Waals surface area contributed by atoms with Crippen LogP contribution in [0.15, 0.2) is 10.6 Å². The minimum absolute atomic E-state index is 0.202. The number of aryl methyl sites for hydroxylation is 2. The Kier molecular flexibility index (Phi) is 3.87. The van der Waals surface area contributed by atoms with Crippen molar-refractivity contribution >= 4 is 11.3 Å². The van der Waals surface area contributed by atoms with Crippen molar-refractivity contribution in [3.8, 4) is 10.8 Å². The molecule has 0 aromatic carbocycles. The molecule has 0 aliphatic carbocycles. The fraction of sp³-hybridized carbons (Fsp3) is 0.571. The van der Waals surface area contributed by atoms with E-state index in [4.69, 9.17) is 4.52 Å². The topological polar surface area (TPSA) is 54.2 Å². The predicted octanol–water partition coefficient (Wildman–Crippen LogP) is 2.25. The summed E-state index contributed by atoms with van der Waals surface area (Å²) in [6, 6.07) is 2.37. The first-order valence-electron chi connectivity index (χ1n) is 7.03. The van der Waals surface area contributed by atoms with Gasteiger partial charge in [0.25, 0.3) is 5.89 Å². The Morgan fingerprint density at radius 2 is 2.40 bits per heavy atom. The van der Waals surface area contributed by atoms with Gasteiger partial charge in [-0.3, -0.25) is 4.90 Å². The highest BCUT2D eigenvalue weighted by molar-refractivity contribution is 7.15. The maximum absolute atomic E-state index is 5.46. The van der Waals surface area contributed by atoms with Gasteiger partial charge in [0, 0.05) is 24.5 Å². The lowest BCUT2D eigenvalue weighted by molar-refractivity contribution is 0.190. The van der Waals surface area contributed by atoms with Crippen LogP contribution in [0.2, 0.25) is 0 Å². The van der Waals surface area contributed by atoms with E-state index in [0.717, 1.165) is 36.8 Å². The van der Waals surface area contributed by atoms with E-state index in [0.29, 0.717) is 5.89 Å². The summed E-state index contributed by atoms with van der Waals surface area (Å²) >= 11 is 1.73. The quantitative estimate of drug-likeness (QED) is 0.940. The molecule has 3 rings (SSSR count). The van der Waals surface area contributed by atoms with Crippen LogP contribution in [0.4, 0.5) is 0 Å². The number of nitrogens with zero attached hydrogens (tertiary/aromatic N) is 3. The molecule has 5 nitrogen and oxygen atoms in total. The third kappa shape index (κ3) is 2.51. The lowest BCUT2D eigenvalue weighted by Gasteiger charge is -2.30. The number of likely N-dealkylation sites (N-methyl/N-ethyl adjacent to an activating group) is 1. The number of nitrogens with one attached hydrogen (secondary N) is 1. The van der Waals surface area contributed by atoms with Crippen LogP contribution >= 0.6 is 11.3 Å². The maximum Gasteiger partial charge on any atom is 0.268 e. The molecule has 0 saturated carbocycles. The van der Waals surface area contributed by atoms with Gasteiger partial charge in [-0.25, -0.2) is 0 Å². The smallest absolute Gasteiger partial charge is 0.268 e. The highest BCUT2D eigenvalue weighted by Gasteiger charge is 2.25. The normalized spacial score (nSPS) is 20.4. The molecule has 108 valence electrons. The van der Waals surface area contributed by atoms with E-state index in [2.05, 4.69) is 47.3 Å². The van der Waals surface area contributed by atoms with Crippen molar-refractivity contribution in [3.05, 3.63) is 22.3 Å². The van der Waals surface area contributed by atoms with E-state index in [1.807, 2.05) is 0 Å². The second-order valence-corrected chi connectivity index (χ2v) is 6.46. The summed E-state index contributed by atoms with van der Waals surface area (Å²) in [5.41, 5.74) is 1.36. The molecule has 0 spiro atoms. The highest BCUT2D eigenvalue weighted by atomic mass is 32.1. The molecule has 2 aromatic rings. The zero-order chi connectivity index (χ0) is 14.1. The first kappa shape index (κ1) is 13.7. The minimum atomic E-state index is 0.202. The molecule has 1 N–H and O–H groups in total. The molecule has 0 bridgehead atoms. The maximum atomic E-state index is 5.46. The van der Waals surface area contributed by atoms with E-state index in [1.54, 1.807) is 11.3 Å². The predicted molar refractivity (Wildman–Crippen MR) is 80.0 cm³/mol. The van der Waals surface area contributed by atoms with Crippen molar-refractivity contribution in [2.75, 3.05) is 26.7 Å². The summed E-state index contributed by atoms with van der Waals surface area (Å²) in [7, 11) is 2.10. The van der Waals surface area contributed by atoms with Gasteiger partial charge in [0.2, 0.25) is 0 Å². The number of hydrogen-bond donors (Lipinski definition) is 1. The van der Waals surface area contributed by atoms with E-state index in [9.17, 15) is 0 Å². The van der Waals surface area contributed by atoms with E-state index >= 15 is 0 Å². The van der Waals surface area contributed by atoms with Gasteiger partial charge in [0.15, 0.2) is 5.82 Å². The van der Waals surface area contributed by atoms with Gasteiger partial charge in [-0.15, -0.1) is 11.3 Å². The number of thiophene rings is 1. The van der Waals surface area contributed by atoms with Gasteiger partial charge in [-0.1, -0.05) is 12.1 Å². The van der Waals surface area contributed by atoms with Crippen molar-refractivity contribution in [3.63, 3.8) is 0 Å². The van der Waals surface area contributed by atoms with Crippen LogP contribution in [-0.4, -0.2) is 41.7 Å². The number of piperazine rings is 1. The van der Waals surface area contributed by atoms with Crippen LogP contribution in [0.25, 0.3) is 10.8 Å². The lowest BCUT2D eigenvalue weighted by Crippen LogP contribution is -2.44. The number of aromatic nitrogens is 2. The van der Waals surface area contributed by atoms with Crippen molar-refractivity contribution in [1.29, 1.82) is 0 Å². The summed E-state index contributed by atoms with van der Waals surface area (Å²) in [4.78, 5) is 9.27. The third-order valence-electron chi connectivity index (χ3n) is 3.86. The Balaban J connectivity index is 1.85. The Labute approximate surface area is 123 Å². The monoisotopic (exact) mass is 292 g/mol. The van der Waals surface area contributed by atoms with E-state index in [1.165, 1.54) is 10.4 Å². The zero-order valence-corrected chi connectivity index (χ0v) is 13.0. The average molecular weight is 292 g/mol. The van der Waals surface area contributed by atoms with Crippen molar-refractivity contribution in [1.82, 2.24) is 20.4 Å². The molecule has 1 aliphatic rings. The molecule has 2 aromatic heterocycles. The van der Waals surface area contributed by atoms with Crippen LogP contribution in [-0.2, 0) is 6.42 Å². The first-order chi connectivity index (χ1) is 9.69. The van der Waals surface area contributed by atoms with Crippen molar-refractivity contribution in [2.45, 2.75) is 26.3 Å². The molecule has 20 heavy (non-hydrogen) atoms. The van der Waals surface area contributed by atoms with Gasteiger partial charge in [-0.05, 0) is 32.0 Å². The minimum Gasteiger partial charge on any atom is -0.333 e. The highest BCUT2D eigenvalue weighted by Crippen LogP contribution is 2.31. The Morgan fingerprint density at radius 1 is 1.55 bits per heavy atom. The summed E-state index contributed by atoms with van der Waals surface area (Å²) in [5.74, 6) is 1.42. The second kappa shape index (κ2) is 5.63. The number of hydrogen-bond acceptors (Lipinski definition) is 6. The molecule has 3 heterocycles. The molecular formula is C14H20N4OS. The summed E-state index contributed by atoms with van der Waals surface area (Å²) in [5, 5.41) is 7.54. The number of rotatable bonds is 3. The van der Waals surface area contributed by atoms with Gasteiger partial charge in [0.1, 0.15) is 0 Å². The molecule has 1 atom stereocenters. The van der Waals surface area contributed by atoms with Crippen molar-refractivity contribution in [2.24, 2.45) is 0 Å². The second-order valence-electron chi connectivity index (χ2n) is 5.20. The Hall–Kier alpha value is -1.24. The Bertz CT molecular complexity index is 592. The fourth-order valence-electron chi connectivity index (χ4n) is 2.54.